The SMILES string of the molecule is O=C(Cl)c1cc(S(=O)(=O)O)ccc1O. The number of carbonyl (C=O) groups excluding carboxylic acids is 1. The fraction of sp³-hybridized carbons (Fsp3) is 0. The van der Waals surface area contributed by atoms with Crippen molar-refractivity contribution in [3.8, 4) is 5.75 Å². The molecule has 0 aromatic heterocycles. The molecule has 0 saturated heterocycles. The van der Waals surface area contributed by atoms with E-state index in [1.54, 1.807) is 0 Å². The monoisotopic (exact) mass is 236 g/mol. The highest BCUT2D eigenvalue weighted by Gasteiger charge is 2.15. The van der Waals surface area contributed by atoms with E-state index in [0.29, 0.717) is 0 Å². The molecule has 0 radical (unpaired) electrons. The maximum absolute atomic E-state index is 10.7. The summed E-state index contributed by atoms with van der Waals surface area (Å²) in [5, 5.41) is 8.08. The lowest BCUT2D eigenvalue weighted by Crippen LogP contribution is -2.00. The number of halogens is 1. The Labute approximate surface area is 84.7 Å². The van der Waals surface area contributed by atoms with E-state index in [-0.39, 0.29) is 5.56 Å². The average Bonchev–Trinajstić information content (AvgIpc) is 2.02. The molecule has 0 amide bonds. The predicted molar refractivity (Wildman–Crippen MR) is 48.1 cm³/mol. The van der Waals surface area contributed by atoms with Crippen LogP contribution in [0.5, 0.6) is 5.75 Å². The van der Waals surface area contributed by atoms with Crippen molar-refractivity contribution in [3.63, 3.8) is 0 Å². The Morgan fingerprint density at radius 3 is 2.36 bits per heavy atom. The molecule has 0 fully saturated rings. The molecule has 0 aliphatic rings. The number of hydrogen-bond donors (Lipinski definition) is 2. The summed E-state index contributed by atoms with van der Waals surface area (Å²) in [4.78, 5) is 10.2. The molecular formula is C7H5ClO5S. The lowest BCUT2D eigenvalue weighted by Gasteiger charge is -2.01. The Balaban J connectivity index is 3.42. The van der Waals surface area contributed by atoms with Gasteiger partial charge in [0.1, 0.15) is 5.75 Å². The van der Waals surface area contributed by atoms with Crippen LogP contribution in [0.1, 0.15) is 10.4 Å². The van der Waals surface area contributed by atoms with Crippen molar-refractivity contribution in [3.05, 3.63) is 23.8 Å². The smallest absolute Gasteiger partial charge is 0.294 e. The van der Waals surface area contributed by atoms with Crippen LogP contribution in [-0.2, 0) is 10.1 Å². The quantitative estimate of drug-likeness (QED) is 0.591. The van der Waals surface area contributed by atoms with Crippen LogP contribution in [0.2, 0.25) is 0 Å². The Morgan fingerprint density at radius 1 is 1.36 bits per heavy atom. The van der Waals surface area contributed by atoms with Gasteiger partial charge < -0.3 is 5.11 Å². The second-order valence-electron chi connectivity index (χ2n) is 2.43. The minimum atomic E-state index is -4.40. The van der Waals surface area contributed by atoms with E-state index >= 15 is 0 Å². The predicted octanol–water partition coefficient (Wildman–Crippen LogP) is 1.02. The molecule has 14 heavy (non-hydrogen) atoms. The van der Waals surface area contributed by atoms with Gasteiger partial charge in [-0.3, -0.25) is 9.35 Å². The lowest BCUT2D eigenvalue weighted by molar-refractivity contribution is 0.107. The Kier molecular flexibility index (Phi) is 2.79. The summed E-state index contributed by atoms with van der Waals surface area (Å²) in [5.41, 5.74) is -0.373. The topological polar surface area (TPSA) is 91.7 Å². The van der Waals surface area contributed by atoms with Crippen molar-refractivity contribution < 1.29 is 22.9 Å². The molecule has 5 nitrogen and oxygen atoms in total. The van der Waals surface area contributed by atoms with Crippen LogP contribution in [0, 0.1) is 0 Å². The van der Waals surface area contributed by atoms with Gasteiger partial charge in [0.25, 0.3) is 15.4 Å². The molecule has 0 bridgehead atoms. The van der Waals surface area contributed by atoms with E-state index in [0.717, 1.165) is 18.2 Å². The largest absolute Gasteiger partial charge is 0.507 e. The van der Waals surface area contributed by atoms with Gasteiger partial charge in [0.05, 0.1) is 10.5 Å². The standard InChI is InChI=1S/C7H5ClO5S/c8-7(10)5-3-4(14(11,12)13)1-2-6(5)9/h1-3,9H,(H,11,12,13). The molecule has 7 heteroatoms. The van der Waals surface area contributed by atoms with Gasteiger partial charge in [-0.15, -0.1) is 0 Å². The molecule has 2 N–H and O–H groups in total. The van der Waals surface area contributed by atoms with Crippen molar-refractivity contribution in [1.82, 2.24) is 0 Å². The first kappa shape index (κ1) is 11.0. The normalized spacial score (nSPS) is 11.3. The highest BCUT2D eigenvalue weighted by atomic mass is 35.5. The first-order valence-electron chi connectivity index (χ1n) is 3.32. The first-order valence-corrected chi connectivity index (χ1v) is 5.14. The van der Waals surface area contributed by atoms with E-state index < -0.39 is 26.0 Å². The second kappa shape index (κ2) is 3.56. The van der Waals surface area contributed by atoms with E-state index in [4.69, 9.17) is 21.3 Å². The summed E-state index contributed by atoms with van der Waals surface area (Å²) >= 11 is 5.06. The van der Waals surface area contributed by atoms with Gasteiger partial charge in [-0.1, -0.05) is 0 Å². The maximum Gasteiger partial charge on any atom is 0.294 e. The fourth-order valence-electron chi connectivity index (χ4n) is 0.833. The Morgan fingerprint density at radius 2 is 1.93 bits per heavy atom. The number of phenols is 1. The van der Waals surface area contributed by atoms with Gasteiger partial charge >= 0.3 is 0 Å². The van der Waals surface area contributed by atoms with Crippen LogP contribution in [0.15, 0.2) is 23.1 Å². The van der Waals surface area contributed by atoms with Crippen LogP contribution in [0.25, 0.3) is 0 Å². The summed E-state index contributed by atoms with van der Waals surface area (Å²) in [6.45, 7) is 0. The molecule has 1 aromatic carbocycles. The molecular weight excluding hydrogens is 232 g/mol. The minimum Gasteiger partial charge on any atom is -0.507 e. The molecule has 1 rings (SSSR count). The summed E-state index contributed by atoms with van der Waals surface area (Å²) in [5.74, 6) is -0.447. The molecule has 76 valence electrons. The van der Waals surface area contributed by atoms with Crippen LogP contribution >= 0.6 is 11.6 Å². The van der Waals surface area contributed by atoms with Crippen LogP contribution in [-0.4, -0.2) is 23.3 Å². The number of carbonyl (C=O) groups is 1. The first-order chi connectivity index (χ1) is 6.32. The zero-order valence-corrected chi connectivity index (χ0v) is 8.21. The summed E-state index contributed by atoms with van der Waals surface area (Å²) in [6.07, 6.45) is 0. The summed E-state index contributed by atoms with van der Waals surface area (Å²) in [6, 6.07) is 2.70. The highest BCUT2D eigenvalue weighted by molar-refractivity contribution is 7.85. The zero-order chi connectivity index (χ0) is 10.9. The molecule has 0 heterocycles. The highest BCUT2D eigenvalue weighted by Crippen LogP contribution is 2.22. The average molecular weight is 237 g/mol. The van der Waals surface area contributed by atoms with Crippen molar-refractivity contribution in [2.75, 3.05) is 0 Å². The van der Waals surface area contributed by atoms with E-state index in [1.165, 1.54) is 0 Å². The van der Waals surface area contributed by atoms with Gasteiger partial charge in [-0.25, -0.2) is 0 Å². The number of aromatic hydroxyl groups is 1. The summed E-state index contributed by atoms with van der Waals surface area (Å²) in [7, 11) is -4.40. The van der Waals surface area contributed by atoms with Gasteiger partial charge in [-0.2, -0.15) is 8.42 Å². The van der Waals surface area contributed by atoms with Crippen molar-refractivity contribution in [2.24, 2.45) is 0 Å². The van der Waals surface area contributed by atoms with E-state index in [1.807, 2.05) is 0 Å². The number of rotatable bonds is 2. The van der Waals surface area contributed by atoms with E-state index in [9.17, 15) is 13.2 Å². The molecule has 0 aliphatic carbocycles. The van der Waals surface area contributed by atoms with Crippen LogP contribution in [0.3, 0.4) is 0 Å². The Bertz CT molecular complexity index is 479. The second-order valence-corrected chi connectivity index (χ2v) is 4.19. The molecule has 0 aliphatic heterocycles. The van der Waals surface area contributed by atoms with Gasteiger partial charge in [0, 0.05) is 0 Å². The number of benzene rings is 1. The van der Waals surface area contributed by atoms with Gasteiger partial charge in [0.2, 0.25) is 0 Å². The van der Waals surface area contributed by atoms with Crippen molar-refractivity contribution in [1.29, 1.82) is 0 Å². The zero-order valence-electron chi connectivity index (χ0n) is 6.64. The van der Waals surface area contributed by atoms with Crippen molar-refractivity contribution in [2.45, 2.75) is 4.90 Å². The third-order valence-corrected chi connectivity index (χ3v) is 2.53. The van der Waals surface area contributed by atoms with E-state index in [2.05, 4.69) is 0 Å². The fourth-order valence-corrected chi connectivity index (χ4v) is 1.49. The third-order valence-electron chi connectivity index (χ3n) is 1.48. The lowest BCUT2D eigenvalue weighted by atomic mass is 10.2. The minimum absolute atomic E-state index is 0.373. The Hall–Kier alpha value is -1.11. The van der Waals surface area contributed by atoms with Gasteiger partial charge in [0.15, 0.2) is 0 Å². The molecule has 0 saturated carbocycles. The molecule has 0 spiro atoms. The van der Waals surface area contributed by atoms with Crippen LogP contribution < -0.4 is 0 Å². The number of hydrogen-bond acceptors (Lipinski definition) is 4. The molecule has 0 unspecified atom stereocenters. The molecule has 1 aromatic rings. The van der Waals surface area contributed by atoms with Gasteiger partial charge in [-0.05, 0) is 29.8 Å². The maximum atomic E-state index is 10.7. The van der Waals surface area contributed by atoms with Crippen LogP contribution in [0.4, 0.5) is 0 Å². The number of phenolic OH excluding ortho intramolecular Hbond substituents is 1. The molecule has 0 atom stereocenters. The van der Waals surface area contributed by atoms with Crippen molar-refractivity contribution >= 4 is 27.0 Å². The third kappa shape index (κ3) is 2.22. The summed E-state index contributed by atoms with van der Waals surface area (Å²) < 4.78 is 29.9.